The van der Waals surface area contributed by atoms with Crippen LogP contribution in [0.25, 0.3) is 0 Å². The largest absolute Gasteiger partial charge is 0.469 e. The van der Waals surface area contributed by atoms with E-state index in [4.69, 9.17) is 4.74 Å². The molecule has 0 aliphatic carbocycles. The lowest BCUT2D eigenvalue weighted by Crippen LogP contribution is -2.43. The Balaban J connectivity index is 2.27. The summed E-state index contributed by atoms with van der Waals surface area (Å²) in [4.78, 5) is 11.3. The van der Waals surface area contributed by atoms with Gasteiger partial charge in [-0.2, -0.15) is 0 Å². The average Bonchev–Trinajstić information content (AvgIpc) is 1.99. The van der Waals surface area contributed by atoms with Crippen LogP contribution in [0.5, 0.6) is 0 Å². The van der Waals surface area contributed by atoms with Crippen molar-refractivity contribution in [3.8, 4) is 0 Å². The van der Waals surface area contributed by atoms with Gasteiger partial charge in [-0.15, -0.1) is 0 Å². The molecule has 0 bridgehead atoms. The predicted octanol–water partition coefficient (Wildman–Crippen LogP) is 1.33. The van der Waals surface area contributed by atoms with Crippen LogP contribution < -0.4 is 5.32 Å². The Bertz CT molecular complexity index is 185. The van der Waals surface area contributed by atoms with Gasteiger partial charge < -0.3 is 10.1 Å². The van der Waals surface area contributed by atoms with E-state index < -0.39 is 0 Å². The standard InChI is InChI=1S/C10H19NO2/c1-10(2,9(12)13-3)6-4-8-5-7-11-8/h8,11H,4-7H2,1-3H3. The fourth-order valence-electron chi connectivity index (χ4n) is 1.51. The Kier molecular flexibility index (Phi) is 3.31. The van der Waals surface area contributed by atoms with Crippen LogP contribution in [-0.4, -0.2) is 25.7 Å². The van der Waals surface area contributed by atoms with Gasteiger partial charge >= 0.3 is 5.97 Å². The third-order valence-electron chi connectivity index (χ3n) is 2.78. The molecule has 1 rings (SSSR count). The van der Waals surface area contributed by atoms with Crippen LogP contribution in [0, 0.1) is 5.41 Å². The zero-order chi connectivity index (χ0) is 9.90. The van der Waals surface area contributed by atoms with Crippen molar-refractivity contribution in [1.29, 1.82) is 0 Å². The maximum absolute atomic E-state index is 11.3. The molecular weight excluding hydrogens is 166 g/mol. The molecule has 0 aromatic heterocycles. The van der Waals surface area contributed by atoms with E-state index in [0.29, 0.717) is 6.04 Å². The number of hydrogen-bond acceptors (Lipinski definition) is 3. The Morgan fingerprint density at radius 3 is 2.62 bits per heavy atom. The normalized spacial score (nSPS) is 22.2. The molecule has 1 N–H and O–H groups in total. The van der Waals surface area contributed by atoms with Crippen molar-refractivity contribution >= 4 is 5.97 Å². The Morgan fingerprint density at radius 2 is 2.23 bits per heavy atom. The van der Waals surface area contributed by atoms with Gasteiger partial charge in [0.25, 0.3) is 0 Å². The van der Waals surface area contributed by atoms with Crippen LogP contribution in [-0.2, 0) is 9.53 Å². The van der Waals surface area contributed by atoms with Crippen molar-refractivity contribution in [1.82, 2.24) is 5.32 Å². The monoisotopic (exact) mass is 185 g/mol. The lowest BCUT2D eigenvalue weighted by molar-refractivity contribution is -0.151. The Morgan fingerprint density at radius 1 is 1.62 bits per heavy atom. The zero-order valence-electron chi connectivity index (χ0n) is 8.72. The molecule has 1 atom stereocenters. The van der Waals surface area contributed by atoms with Crippen LogP contribution in [0.1, 0.15) is 33.1 Å². The van der Waals surface area contributed by atoms with Gasteiger partial charge in [-0.1, -0.05) is 0 Å². The third-order valence-corrected chi connectivity index (χ3v) is 2.78. The summed E-state index contributed by atoms with van der Waals surface area (Å²) in [5.41, 5.74) is -0.327. The summed E-state index contributed by atoms with van der Waals surface area (Å²) in [5, 5.41) is 3.32. The lowest BCUT2D eigenvalue weighted by Gasteiger charge is -2.30. The highest BCUT2D eigenvalue weighted by atomic mass is 16.5. The summed E-state index contributed by atoms with van der Waals surface area (Å²) in [6.45, 7) is 5.01. The fourth-order valence-corrected chi connectivity index (χ4v) is 1.51. The Labute approximate surface area is 79.8 Å². The van der Waals surface area contributed by atoms with Gasteiger partial charge in [0.05, 0.1) is 12.5 Å². The molecule has 0 aromatic carbocycles. The van der Waals surface area contributed by atoms with Gasteiger partial charge in [-0.05, 0) is 39.7 Å². The molecule has 76 valence electrons. The van der Waals surface area contributed by atoms with E-state index in [1.165, 1.54) is 13.5 Å². The summed E-state index contributed by atoms with van der Waals surface area (Å²) in [5.74, 6) is -0.105. The second-order valence-electron chi connectivity index (χ2n) is 4.35. The maximum atomic E-state index is 11.3. The first-order chi connectivity index (χ1) is 6.06. The molecule has 13 heavy (non-hydrogen) atoms. The van der Waals surface area contributed by atoms with Crippen LogP contribution in [0.15, 0.2) is 0 Å². The highest BCUT2D eigenvalue weighted by Crippen LogP contribution is 2.26. The molecule has 3 heteroatoms. The molecule has 1 aliphatic rings. The number of nitrogens with one attached hydrogen (secondary N) is 1. The minimum absolute atomic E-state index is 0.105. The molecular formula is C10H19NO2. The topological polar surface area (TPSA) is 38.3 Å². The van der Waals surface area contributed by atoms with E-state index in [2.05, 4.69) is 5.32 Å². The second-order valence-corrected chi connectivity index (χ2v) is 4.35. The quantitative estimate of drug-likeness (QED) is 0.671. The molecule has 1 saturated heterocycles. The number of carbonyl (C=O) groups is 1. The number of ether oxygens (including phenoxy) is 1. The summed E-state index contributed by atoms with van der Waals surface area (Å²) >= 11 is 0. The highest BCUT2D eigenvalue weighted by molar-refractivity contribution is 5.75. The third kappa shape index (κ3) is 2.69. The van der Waals surface area contributed by atoms with Crippen LogP contribution in [0.4, 0.5) is 0 Å². The SMILES string of the molecule is COC(=O)C(C)(C)CCC1CCN1. The van der Waals surface area contributed by atoms with Gasteiger partial charge in [0.1, 0.15) is 0 Å². The van der Waals surface area contributed by atoms with E-state index in [0.717, 1.165) is 19.4 Å². The van der Waals surface area contributed by atoms with Gasteiger partial charge in [-0.25, -0.2) is 0 Å². The van der Waals surface area contributed by atoms with Crippen molar-refractivity contribution < 1.29 is 9.53 Å². The molecule has 0 aromatic rings. The Hall–Kier alpha value is -0.570. The number of rotatable bonds is 4. The number of methoxy groups -OCH3 is 1. The lowest BCUT2D eigenvalue weighted by atomic mass is 9.85. The minimum atomic E-state index is -0.327. The van der Waals surface area contributed by atoms with Crippen molar-refractivity contribution in [2.45, 2.75) is 39.2 Å². The second kappa shape index (κ2) is 4.09. The summed E-state index contributed by atoms with van der Waals surface area (Å²) in [6, 6.07) is 0.629. The van der Waals surface area contributed by atoms with Crippen molar-refractivity contribution in [3.63, 3.8) is 0 Å². The van der Waals surface area contributed by atoms with Crippen LogP contribution >= 0.6 is 0 Å². The fraction of sp³-hybridized carbons (Fsp3) is 0.900. The molecule has 0 amide bonds. The van der Waals surface area contributed by atoms with E-state index in [-0.39, 0.29) is 11.4 Å². The van der Waals surface area contributed by atoms with E-state index in [1.54, 1.807) is 0 Å². The average molecular weight is 185 g/mol. The molecule has 1 fully saturated rings. The molecule has 1 aliphatic heterocycles. The van der Waals surface area contributed by atoms with Gasteiger partial charge in [0.2, 0.25) is 0 Å². The molecule has 3 nitrogen and oxygen atoms in total. The number of hydrogen-bond donors (Lipinski definition) is 1. The number of esters is 1. The summed E-state index contributed by atoms with van der Waals surface area (Å²) in [6.07, 6.45) is 3.22. The molecule has 0 radical (unpaired) electrons. The van der Waals surface area contributed by atoms with Gasteiger partial charge in [0.15, 0.2) is 0 Å². The van der Waals surface area contributed by atoms with Gasteiger partial charge in [-0.3, -0.25) is 4.79 Å². The van der Waals surface area contributed by atoms with E-state index >= 15 is 0 Å². The van der Waals surface area contributed by atoms with Crippen molar-refractivity contribution in [3.05, 3.63) is 0 Å². The van der Waals surface area contributed by atoms with Crippen molar-refractivity contribution in [2.75, 3.05) is 13.7 Å². The van der Waals surface area contributed by atoms with E-state index in [9.17, 15) is 4.79 Å². The zero-order valence-corrected chi connectivity index (χ0v) is 8.72. The van der Waals surface area contributed by atoms with Gasteiger partial charge in [0, 0.05) is 6.04 Å². The highest BCUT2D eigenvalue weighted by Gasteiger charge is 2.30. The maximum Gasteiger partial charge on any atom is 0.311 e. The van der Waals surface area contributed by atoms with Crippen LogP contribution in [0.2, 0.25) is 0 Å². The smallest absolute Gasteiger partial charge is 0.311 e. The van der Waals surface area contributed by atoms with Crippen LogP contribution in [0.3, 0.4) is 0 Å². The predicted molar refractivity (Wildman–Crippen MR) is 51.4 cm³/mol. The minimum Gasteiger partial charge on any atom is -0.469 e. The molecule has 1 unspecified atom stereocenters. The molecule has 0 spiro atoms. The first-order valence-corrected chi connectivity index (χ1v) is 4.88. The summed E-state index contributed by atoms with van der Waals surface area (Å²) in [7, 11) is 1.45. The summed E-state index contributed by atoms with van der Waals surface area (Å²) < 4.78 is 4.74. The van der Waals surface area contributed by atoms with Crippen molar-refractivity contribution in [2.24, 2.45) is 5.41 Å². The molecule has 1 heterocycles. The first-order valence-electron chi connectivity index (χ1n) is 4.88. The number of carbonyl (C=O) groups excluding carboxylic acids is 1. The molecule has 0 saturated carbocycles. The first kappa shape index (κ1) is 10.5. The van der Waals surface area contributed by atoms with E-state index in [1.807, 2.05) is 13.8 Å².